The van der Waals surface area contributed by atoms with Gasteiger partial charge in [0.2, 0.25) is 11.8 Å². The number of hydrogen-bond acceptors (Lipinski definition) is 2. The summed E-state index contributed by atoms with van der Waals surface area (Å²) in [4.78, 5) is 28.9. The third-order valence-corrected chi connectivity index (χ3v) is 6.07. The van der Waals surface area contributed by atoms with Crippen LogP contribution in [0.15, 0.2) is 12.2 Å². The number of piperidine rings is 1. The summed E-state index contributed by atoms with van der Waals surface area (Å²) in [5.41, 5.74) is 0.163. The Bertz CT molecular complexity index is 493. The molecule has 4 nitrogen and oxygen atoms in total. The maximum absolute atomic E-state index is 12.5. The molecule has 2 amide bonds. The Balaban J connectivity index is 1.33. The molecule has 2 aliphatic heterocycles. The first-order valence-electron chi connectivity index (χ1n) is 8.87. The highest BCUT2D eigenvalue weighted by molar-refractivity contribution is 5.81. The third kappa shape index (κ3) is 2.68. The lowest BCUT2D eigenvalue weighted by atomic mass is 9.77. The van der Waals surface area contributed by atoms with Gasteiger partial charge < -0.3 is 9.80 Å². The lowest BCUT2D eigenvalue weighted by Crippen LogP contribution is -2.46. The first-order valence-corrected chi connectivity index (χ1v) is 8.87. The molecule has 0 aromatic heterocycles. The Morgan fingerprint density at radius 2 is 1.86 bits per heavy atom. The molecule has 2 saturated heterocycles. The van der Waals surface area contributed by atoms with E-state index in [9.17, 15) is 9.59 Å². The summed E-state index contributed by atoms with van der Waals surface area (Å²) in [6.07, 6.45) is 11.4. The molecular weight excluding hydrogens is 276 g/mol. The fourth-order valence-electron chi connectivity index (χ4n) is 4.37. The minimum atomic E-state index is 0.163. The standard InChI is InChI=1S/C18H26N2O2/c21-16-11-18(13-20(16)12-14-5-6-14)7-9-19(10-8-18)17(22)15-3-1-2-4-15/h1-2,14-15H,3-13H2. The zero-order valence-electron chi connectivity index (χ0n) is 13.3. The SMILES string of the molecule is O=C1CC2(CCN(C(=O)C3CC=CC3)CC2)CN1CC1CC1. The molecule has 4 rings (SSSR count). The van der Waals surface area contributed by atoms with Gasteiger partial charge in [-0.05, 0) is 44.4 Å². The van der Waals surface area contributed by atoms with E-state index in [4.69, 9.17) is 0 Å². The number of carbonyl (C=O) groups excluding carboxylic acids is 2. The molecule has 4 aliphatic rings. The monoisotopic (exact) mass is 302 g/mol. The van der Waals surface area contributed by atoms with Crippen LogP contribution in [0.25, 0.3) is 0 Å². The van der Waals surface area contributed by atoms with Gasteiger partial charge in [-0.25, -0.2) is 0 Å². The summed E-state index contributed by atoms with van der Waals surface area (Å²) in [6.45, 7) is 3.62. The van der Waals surface area contributed by atoms with Gasteiger partial charge in [-0.15, -0.1) is 0 Å². The molecule has 0 N–H and O–H groups in total. The summed E-state index contributed by atoms with van der Waals surface area (Å²) in [7, 11) is 0. The van der Waals surface area contributed by atoms with Crippen molar-refractivity contribution in [3.8, 4) is 0 Å². The van der Waals surface area contributed by atoms with Crippen molar-refractivity contribution in [2.24, 2.45) is 17.3 Å². The van der Waals surface area contributed by atoms with Gasteiger partial charge in [0.25, 0.3) is 0 Å². The summed E-state index contributed by atoms with van der Waals surface area (Å²) in [5.74, 6) is 1.65. The van der Waals surface area contributed by atoms with Crippen LogP contribution in [0.3, 0.4) is 0 Å². The van der Waals surface area contributed by atoms with Gasteiger partial charge in [-0.3, -0.25) is 9.59 Å². The van der Waals surface area contributed by atoms with Crippen LogP contribution in [0.1, 0.15) is 44.9 Å². The predicted molar refractivity (Wildman–Crippen MR) is 84.0 cm³/mol. The van der Waals surface area contributed by atoms with Crippen molar-refractivity contribution < 1.29 is 9.59 Å². The number of rotatable bonds is 3. The number of carbonyl (C=O) groups is 2. The molecule has 3 fully saturated rings. The van der Waals surface area contributed by atoms with E-state index in [2.05, 4.69) is 22.0 Å². The molecule has 0 radical (unpaired) electrons. The van der Waals surface area contributed by atoms with Gasteiger partial charge in [-0.2, -0.15) is 0 Å². The summed E-state index contributed by atoms with van der Waals surface area (Å²) < 4.78 is 0. The van der Waals surface area contributed by atoms with Crippen molar-refractivity contribution >= 4 is 11.8 Å². The van der Waals surface area contributed by atoms with E-state index in [1.807, 2.05) is 0 Å². The van der Waals surface area contributed by atoms with Crippen molar-refractivity contribution in [3.05, 3.63) is 12.2 Å². The van der Waals surface area contributed by atoms with E-state index >= 15 is 0 Å². The summed E-state index contributed by atoms with van der Waals surface area (Å²) in [5, 5.41) is 0. The quantitative estimate of drug-likeness (QED) is 0.750. The highest BCUT2D eigenvalue weighted by Crippen LogP contribution is 2.43. The van der Waals surface area contributed by atoms with Crippen molar-refractivity contribution in [2.45, 2.75) is 44.9 Å². The lowest BCUT2D eigenvalue weighted by molar-refractivity contribution is -0.137. The van der Waals surface area contributed by atoms with Crippen molar-refractivity contribution in [1.29, 1.82) is 0 Å². The van der Waals surface area contributed by atoms with Crippen LogP contribution in [0, 0.1) is 17.3 Å². The zero-order valence-corrected chi connectivity index (χ0v) is 13.3. The molecular formula is C18H26N2O2. The van der Waals surface area contributed by atoms with Crippen molar-refractivity contribution in [2.75, 3.05) is 26.2 Å². The lowest BCUT2D eigenvalue weighted by Gasteiger charge is -2.39. The minimum absolute atomic E-state index is 0.163. The molecule has 0 aromatic rings. The highest BCUT2D eigenvalue weighted by Gasteiger charge is 2.46. The fraction of sp³-hybridized carbons (Fsp3) is 0.778. The zero-order chi connectivity index (χ0) is 15.2. The maximum Gasteiger partial charge on any atom is 0.226 e. The number of likely N-dealkylation sites (tertiary alicyclic amines) is 2. The van der Waals surface area contributed by atoms with Crippen LogP contribution in [-0.2, 0) is 9.59 Å². The van der Waals surface area contributed by atoms with Crippen LogP contribution in [0.5, 0.6) is 0 Å². The number of amides is 2. The Labute approximate surface area is 132 Å². The molecule has 2 aliphatic carbocycles. The van der Waals surface area contributed by atoms with Gasteiger partial charge >= 0.3 is 0 Å². The largest absolute Gasteiger partial charge is 0.342 e. The average molecular weight is 302 g/mol. The van der Waals surface area contributed by atoms with Gasteiger partial charge in [0.1, 0.15) is 0 Å². The highest BCUT2D eigenvalue weighted by atomic mass is 16.2. The third-order valence-electron chi connectivity index (χ3n) is 6.07. The second-order valence-electron chi connectivity index (χ2n) is 7.86. The van der Waals surface area contributed by atoms with Crippen LogP contribution >= 0.6 is 0 Å². The van der Waals surface area contributed by atoms with Gasteiger partial charge in [0.15, 0.2) is 0 Å². The molecule has 0 atom stereocenters. The molecule has 0 aromatic carbocycles. The van der Waals surface area contributed by atoms with E-state index in [1.165, 1.54) is 12.8 Å². The second kappa shape index (κ2) is 5.39. The first-order chi connectivity index (χ1) is 10.7. The maximum atomic E-state index is 12.5. The Hall–Kier alpha value is -1.32. The van der Waals surface area contributed by atoms with E-state index in [0.717, 1.165) is 57.8 Å². The first kappa shape index (κ1) is 14.3. The molecule has 1 spiro atoms. The smallest absolute Gasteiger partial charge is 0.226 e. The second-order valence-corrected chi connectivity index (χ2v) is 7.86. The summed E-state index contributed by atoms with van der Waals surface area (Å²) in [6, 6.07) is 0. The molecule has 22 heavy (non-hydrogen) atoms. The van der Waals surface area contributed by atoms with E-state index in [1.54, 1.807) is 0 Å². The topological polar surface area (TPSA) is 40.6 Å². The molecule has 0 unspecified atom stereocenters. The molecule has 2 heterocycles. The Kier molecular flexibility index (Phi) is 3.50. The average Bonchev–Trinajstić information content (AvgIpc) is 3.06. The summed E-state index contributed by atoms with van der Waals surface area (Å²) >= 11 is 0. The molecule has 4 heteroatoms. The van der Waals surface area contributed by atoms with E-state index in [0.29, 0.717) is 18.2 Å². The van der Waals surface area contributed by atoms with E-state index < -0.39 is 0 Å². The number of nitrogens with zero attached hydrogens (tertiary/aromatic N) is 2. The normalized spacial score (nSPS) is 28.1. The van der Waals surface area contributed by atoms with Crippen LogP contribution < -0.4 is 0 Å². The number of hydrogen-bond donors (Lipinski definition) is 0. The molecule has 1 saturated carbocycles. The van der Waals surface area contributed by atoms with E-state index in [-0.39, 0.29) is 11.3 Å². The molecule has 0 bridgehead atoms. The Morgan fingerprint density at radius 1 is 1.18 bits per heavy atom. The van der Waals surface area contributed by atoms with Gasteiger partial charge in [0, 0.05) is 43.9 Å². The van der Waals surface area contributed by atoms with Crippen molar-refractivity contribution in [1.82, 2.24) is 9.80 Å². The van der Waals surface area contributed by atoms with Crippen LogP contribution in [-0.4, -0.2) is 47.8 Å². The number of allylic oxidation sites excluding steroid dienone is 2. The Morgan fingerprint density at radius 3 is 2.50 bits per heavy atom. The van der Waals surface area contributed by atoms with Gasteiger partial charge in [0.05, 0.1) is 0 Å². The van der Waals surface area contributed by atoms with Crippen molar-refractivity contribution in [3.63, 3.8) is 0 Å². The predicted octanol–water partition coefficient (Wildman–Crippen LogP) is 2.20. The van der Waals surface area contributed by atoms with Crippen LogP contribution in [0.2, 0.25) is 0 Å². The van der Waals surface area contributed by atoms with Crippen LogP contribution in [0.4, 0.5) is 0 Å². The van der Waals surface area contributed by atoms with Gasteiger partial charge in [-0.1, -0.05) is 12.2 Å². The minimum Gasteiger partial charge on any atom is -0.342 e. The fourth-order valence-corrected chi connectivity index (χ4v) is 4.37. The molecule has 120 valence electrons.